The number of hydrogen-bond acceptors (Lipinski definition) is 6. The Hall–Kier alpha value is -4.07. The summed E-state index contributed by atoms with van der Waals surface area (Å²) in [5.41, 5.74) is 5.28. The number of amides is 1. The normalized spacial score (nSPS) is 10.9. The van der Waals surface area contributed by atoms with Gasteiger partial charge in [-0.1, -0.05) is 19.1 Å². The molecule has 0 aliphatic heterocycles. The second-order valence-corrected chi connectivity index (χ2v) is 7.93. The zero-order chi connectivity index (χ0) is 24.2. The lowest BCUT2D eigenvalue weighted by Crippen LogP contribution is -2.20. The first-order valence-electron chi connectivity index (χ1n) is 11.0. The quantitative estimate of drug-likeness (QED) is 0.412. The minimum atomic E-state index is -0.324. The van der Waals surface area contributed by atoms with Crippen LogP contribution < -0.4 is 19.5 Å². The number of fused-ring (bicyclic) bond motifs is 1. The van der Waals surface area contributed by atoms with Crippen LogP contribution in [0.2, 0.25) is 0 Å². The Morgan fingerprint density at radius 2 is 1.68 bits per heavy atom. The predicted molar refractivity (Wildman–Crippen MR) is 131 cm³/mol. The second-order valence-electron chi connectivity index (χ2n) is 7.93. The van der Waals surface area contributed by atoms with E-state index in [0.717, 1.165) is 28.8 Å². The van der Waals surface area contributed by atoms with E-state index >= 15 is 0 Å². The highest BCUT2D eigenvalue weighted by Crippen LogP contribution is 2.28. The van der Waals surface area contributed by atoms with E-state index in [4.69, 9.17) is 19.3 Å². The standard InChI is InChI=1S/C26H28N4O4/c1-6-18-7-9-20(10-8-18)30-26-25(17(3)29-30)16(2)11-24(28-26)34-15-23(31)27-19-12-21(32-4)14-22(13-19)33-5/h7-14H,6,15H2,1-5H3,(H,27,31). The van der Waals surface area contributed by atoms with Crippen molar-refractivity contribution < 1.29 is 19.0 Å². The van der Waals surface area contributed by atoms with Crippen molar-refractivity contribution in [2.24, 2.45) is 0 Å². The highest BCUT2D eigenvalue weighted by molar-refractivity contribution is 5.92. The molecule has 0 atom stereocenters. The molecule has 1 N–H and O–H groups in total. The Labute approximate surface area is 198 Å². The Morgan fingerprint density at radius 3 is 2.29 bits per heavy atom. The molecule has 2 aromatic heterocycles. The molecule has 0 aliphatic carbocycles. The first-order chi connectivity index (χ1) is 16.4. The van der Waals surface area contributed by atoms with Crippen LogP contribution in [0.15, 0.2) is 48.5 Å². The lowest BCUT2D eigenvalue weighted by molar-refractivity contribution is -0.118. The number of carbonyl (C=O) groups excluding carboxylic acids is 1. The Kier molecular flexibility index (Phi) is 6.67. The molecule has 4 aromatic rings. The molecule has 4 rings (SSSR count). The minimum Gasteiger partial charge on any atom is -0.497 e. The molecular formula is C26H28N4O4. The number of pyridine rings is 1. The van der Waals surface area contributed by atoms with Crippen LogP contribution in [0.1, 0.15) is 23.7 Å². The predicted octanol–water partition coefficient (Wildman–Crippen LogP) is 4.63. The molecular weight excluding hydrogens is 432 g/mol. The van der Waals surface area contributed by atoms with Crippen LogP contribution in [0.25, 0.3) is 16.7 Å². The van der Waals surface area contributed by atoms with Gasteiger partial charge in [0.1, 0.15) is 11.5 Å². The first kappa shape index (κ1) is 23.1. The van der Waals surface area contributed by atoms with Crippen molar-refractivity contribution in [3.8, 4) is 23.1 Å². The highest BCUT2D eigenvalue weighted by Gasteiger charge is 2.16. The molecule has 176 valence electrons. The summed E-state index contributed by atoms with van der Waals surface area (Å²) in [6.45, 7) is 5.87. The average Bonchev–Trinajstić information content (AvgIpc) is 3.19. The molecule has 1 amide bonds. The van der Waals surface area contributed by atoms with Crippen molar-refractivity contribution in [2.45, 2.75) is 27.2 Å². The Morgan fingerprint density at radius 1 is 1.00 bits per heavy atom. The maximum absolute atomic E-state index is 12.5. The van der Waals surface area contributed by atoms with E-state index in [1.807, 2.05) is 36.7 Å². The van der Waals surface area contributed by atoms with E-state index in [2.05, 4.69) is 29.4 Å². The summed E-state index contributed by atoms with van der Waals surface area (Å²) in [6.07, 6.45) is 0.971. The molecule has 0 unspecified atom stereocenters. The molecule has 0 bridgehead atoms. The molecule has 0 aliphatic rings. The van der Waals surface area contributed by atoms with Gasteiger partial charge in [0.05, 0.1) is 25.6 Å². The third-order valence-electron chi connectivity index (χ3n) is 5.56. The second kappa shape index (κ2) is 9.82. The van der Waals surface area contributed by atoms with E-state index in [9.17, 15) is 4.79 Å². The van der Waals surface area contributed by atoms with Crippen molar-refractivity contribution in [1.29, 1.82) is 0 Å². The zero-order valence-electron chi connectivity index (χ0n) is 20.0. The lowest BCUT2D eigenvalue weighted by atomic mass is 10.1. The number of ether oxygens (including phenoxy) is 3. The number of hydrogen-bond donors (Lipinski definition) is 1. The molecule has 8 heteroatoms. The van der Waals surface area contributed by atoms with Gasteiger partial charge in [0.2, 0.25) is 5.88 Å². The number of carbonyl (C=O) groups is 1. The number of anilines is 1. The third kappa shape index (κ3) is 4.80. The maximum Gasteiger partial charge on any atom is 0.262 e. The van der Waals surface area contributed by atoms with Gasteiger partial charge in [-0.3, -0.25) is 4.79 Å². The van der Waals surface area contributed by atoms with Gasteiger partial charge in [-0.2, -0.15) is 10.1 Å². The summed E-state index contributed by atoms with van der Waals surface area (Å²) in [7, 11) is 3.11. The fourth-order valence-electron chi connectivity index (χ4n) is 3.82. The van der Waals surface area contributed by atoms with Gasteiger partial charge < -0.3 is 19.5 Å². The molecule has 2 aromatic carbocycles. The van der Waals surface area contributed by atoms with E-state index in [1.165, 1.54) is 5.56 Å². The van der Waals surface area contributed by atoms with Crippen molar-refractivity contribution in [3.05, 3.63) is 65.4 Å². The largest absolute Gasteiger partial charge is 0.497 e. The van der Waals surface area contributed by atoms with Gasteiger partial charge in [-0.25, -0.2) is 4.68 Å². The van der Waals surface area contributed by atoms with Crippen LogP contribution in [0.3, 0.4) is 0 Å². The number of nitrogens with one attached hydrogen (secondary N) is 1. The third-order valence-corrected chi connectivity index (χ3v) is 5.56. The molecule has 0 spiro atoms. The van der Waals surface area contributed by atoms with E-state index in [-0.39, 0.29) is 12.5 Å². The maximum atomic E-state index is 12.5. The van der Waals surface area contributed by atoms with Crippen molar-refractivity contribution in [1.82, 2.24) is 14.8 Å². The van der Waals surface area contributed by atoms with E-state index < -0.39 is 0 Å². The Bertz CT molecular complexity index is 1310. The summed E-state index contributed by atoms with van der Waals surface area (Å²) in [6, 6.07) is 15.2. The molecule has 0 saturated heterocycles. The minimum absolute atomic E-state index is 0.199. The van der Waals surface area contributed by atoms with Gasteiger partial charge in [0, 0.05) is 35.3 Å². The fraction of sp³-hybridized carbons (Fsp3) is 0.269. The van der Waals surface area contributed by atoms with Crippen molar-refractivity contribution >= 4 is 22.6 Å². The summed E-state index contributed by atoms with van der Waals surface area (Å²) < 4.78 is 18.1. The number of rotatable bonds is 8. The summed E-state index contributed by atoms with van der Waals surface area (Å²) in [5, 5.41) is 8.47. The first-order valence-corrected chi connectivity index (χ1v) is 11.0. The Balaban J connectivity index is 1.55. The average molecular weight is 461 g/mol. The smallest absolute Gasteiger partial charge is 0.262 e. The number of aromatic nitrogens is 3. The fourth-order valence-corrected chi connectivity index (χ4v) is 3.82. The van der Waals surface area contributed by atoms with Crippen LogP contribution in [0.4, 0.5) is 5.69 Å². The summed E-state index contributed by atoms with van der Waals surface area (Å²) in [4.78, 5) is 17.2. The number of methoxy groups -OCH3 is 2. The van der Waals surface area contributed by atoms with Crippen LogP contribution in [0, 0.1) is 13.8 Å². The van der Waals surface area contributed by atoms with Crippen LogP contribution in [0.5, 0.6) is 17.4 Å². The molecule has 34 heavy (non-hydrogen) atoms. The topological polar surface area (TPSA) is 87.5 Å². The number of nitrogens with zero attached hydrogens (tertiary/aromatic N) is 3. The van der Waals surface area contributed by atoms with Crippen molar-refractivity contribution in [3.63, 3.8) is 0 Å². The molecule has 2 heterocycles. The molecule has 0 fully saturated rings. The van der Waals surface area contributed by atoms with Gasteiger partial charge in [0.15, 0.2) is 12.3 Å². The highest BCUT2D eigenvalue weighted by atomic mass is 16.5. The van der Waals surface area contributed by atoms with Gasteiger partial charge >= 0.3 is 0 Å². The summed E-state index contributed by atoms with van der Waals surface area (Å²) >= 11 is 0. The van der Waals surface area contributed by atoms with Crippen LogP contribution in [-0.4, -0.2) is 41.5 Å². The zero-order valence-corrected chi connectivity index (χ0v) is 20.0. The monoisotopic (exact) mass is 460 g/mol. The van der Waals surface area contributed by atoms with Crippen molar-refractivity contribution in [2.75, 3.05) is 26.1 Å². The number of aryl methyl sites for hydroxylation is 3. The summed E-state index contributed by atoms with van der Waals surface area (Å²) in [5.74, 6) is 1.19. The van der Waals surface area contributed by atoms with Crippen LogP contribution >= 0.6 is 0 Å². The lowest BCUT2D eigenvalue weighted by Gasteiger charge is -2.11. The molecule has 0 radical (unpaired) electrons. The number of benzene rings is 2. The van der Waals surface area contributed by atoms with E-state index in [1.54, 1.807) is 32.4 Å². The van der Waals surface area contributed by atoms with E-state index in [0.29, 0.717) is 28.7 Å². The molecule has 0 saturated carbocycles. The van der Waals surface area contributed by atoms with Gasteiger partial charge in [0.25, 0.3) is 5.91 Å². The van der Waals surface area contributed by atoms with Gasteiger partial charge in [-0.05, 0) is 43.5 Å². The van der Waals surface area contributed by atoms with Crippen LogP contribution in [-0.2, 0) is 11.2 Å². The molecule has 8 nitrogen and oxygen atoms in total. The van der Waals surface area contributed by atoms with Gasteiger partial charge in [-0.15, -0.1) is 0 Å². The SMILES string of the molecule is CCc1ccc(-n2nc(C)c3c(C)cc(OCC(=O)Nc4cc(OC)cc(OC)c4)nc32)cc1.